The zero-order valence-electron chi connectivity index (χ0n) is 21.3. The molecule has 0 saturated carbocycles. The first-order valence-electron chi connectivity index (χ1n) is 12.3. The lowest BCUT2D eigenvalue weighted by atomic mass is 10.1. The van der Waals surface area contributed by atoms with Gasteiger partial charge in [-0.05, 0) is 70.0 Å². The van der Waals surface area contributed by atoms with E-state index in [1.807, 2.05) is 30.3 Å². The summed E-state index contributed by atoms with van der Waals surface area (Å²) in [6.45, 7) is 0.265. The maximum absolute atomic E-state index is 14.2. The van der Waals surface area contributed by atoms with Gasteiger partial charge in [0.05, 0.1) is 10.2 Å². The molecule has 1 heterocycles. The summed E-state index contributed by atoms with van der Waals surface area (Å²) in [5, 5.41) is 2.22. The van der Waals surface area contributed by atoms with Crippen LogP contribution in [0.2, 0.25) is 0 Å². The summed E-state index contributed by atoms with van der Waals surface area (Å²) in [4.78, 5) is 39.9. The van der Waals surface area contributed by atoms with Gasteiger partial charge in [-0.2, -0.15) is 0 Å². The van der Waals surface area contributed by atoms with E-state index in [4.69, 9.17) is 9.47 Å². The van der Waals surface area contributed by atoms with Gasteiger partial charge in [-0.15, -0.1) is 0 Å². The number of barbiturate groups is 1. The number of urea groups is 1. The topological polar surface area (TPSA) is 84.9 Å². The van der Waals surface area contributed by atoms with Crippen LogP contribution in [0.25, 0.3) is 6.08 Å². The molecule has 0 atom stereocenters. The first-order valence-corrected chi connectivity index (χ1v) is 13.9. The monoisotopic (exact) mass is 678 g/mol. The molecule has 0 bridgehead atoms. The summed E-state index contributed by atoms with van der Waals surface area (Å²) in [7, 11) is 0. The number of nitrogens with one attached hydrogen (secondary N) is 1. The molecule has 0 aromatic heterocycles. The van der Waals surface area contributed by atoms with E-state index in [2.05, 4.69) is 37.2 Å². The Labute approximate surface area is 251 Å². The van der Waals surface area contributed by atoms with E-state index in [0.717, 1.165) is 10.5 Å². The minimum absolute atomic E-state index is 0.0907. The largest absolute Gasteiger partial charge is 0.489 e. The van der Waals surface area contributed by atoms with E-state index in [1.54, 1.807) is 54.6 Å². The van der Waals surface area contributed by atoms with Gasteiger partial charge >= 0.3 is 6.03 Å². The van der Waals surface area contributed by atoms with Crippen molar-refractivity contribution in [2.75, 3.05) is 4.90 Å². The standard InChI is InChI=1S/C31H21Br2FN2O5/c32-22-14-21(28(26(33)16-22)41-18-20-8-4-5-9-27(20)34)15-25-29(37)35-31(39)36(30(25)38)23-10-12-24(13-11-23)40-17-19-6-2-1-3-7-19/h1-16H,17-18H2,(H,35,37,39)/b25-15+. The molecule has 206 valence electrons. The van der Waals surface area contributed by atoms with Crippen molar-refractivity contribution < 1.29 is 28.2 Å². The molecule has 1 aliphatic heterocycles. The SMILES string of the molecule is O=C1NC(=O)N(c2ccc(OCc3ccccc3)cc2)C(=O)/C1=C/c1cc(Br)cc(Br)c1OCc1ccccc1F. The molecule has 0 unspecified atom stereocenters. The number of benzene rings is 4. The number of ether oxygens (including phenoxy) is 2. The van der Waals surface area contributed by atoms with Crippen LogP contribution < -0.4 is 19.7 Å². The summed E-state index contributed by atoms with van der Waals surface area (Å²) >= 11 is 6.84. The van der Waals surface area contributed by atoms with Gasteiger partial charge in [-0.25, -0.2) is 14.1 Å². The molecule has 4 amide bonds. The average molecular weight is 680 g/mol. The molecule has 5 rings (SSSR count). The van der Waals surface area contributed by atoms with Crippen molar-refractivity contribution in [3.8, 4) is 11.5 Å². The summed E-state index contributed by atoms with van der Waals surface area (Å²) in [5.41, 5.74) is 1.66. The third kappa shape index (κ3) is 6.55. The molecule has 7 nitrogen and oxygen atoms in total. The third-order valence-electron chi connectivity index (χ3n) is 6.11. The van der Waals surface area contributed by atoms with Crippen LogP contribution in [-0.4, -0.2) is 17.8 Å². The maximum Gasteiger partial charge on any atom is 0.335 e. The van der Waals surface area contributed by atoms with E-state index in [0.29, 0.717) is 32.4 Å². The van der Waals surface area contributed by atoms with Crippen molar-refractivity contribution in [1.29, 1.82) is 0 Å². The predicted octanol–water partition coefficient (Wildman–Crippen LogP) is 7.18. The van der Waals surface area contributed by atoms with Crippen LogP contribution in [0.5, 0.6) is 11.5 Å². The molecule has 1 N–H and O–H groups in total. The smallest absolute Gasteiger partial charge is 0.335 e. The second kappa shape index (κ2) is 12.5. The first-order chi connectivity index (χ1) is 19.8. The zero-order chi connectivity index (χ0) is 28.9. The first kappa shape index (κ1) is 28.3. The Kier molecular flexibility index (Phi) is 8.61. The summed E-state index contributed by atoms with van der Waals surface area (Å²) < 4.78 is 27.0. The lowest BCUT2D eigenvalue weighted by Crippen LogP contribution is -2.54. The number of carbonyl (C=O) groups excluding carboxylic acids is 3. The van der Waals surface area contributed by atoms with Gasteiger partial charge < -0.3 is 9.47 Å². The van der Waals surface area contributed by atoms with Crippen LogP contribution in [0.3, 0.4) is 0 Å². The molecule has 0 radical (unpaired) electrons. The fourth-order valence-corrected chi connectivity index (χ4v) is 5.46. The van der Waals surface area contributed by atoms with Crippen LogP contribution in [0.4, 0.5) is 14.9 Å². The Morgan fingerprint density at radius 3 is 2.27 bits per heavy atom. The molecular formula is C31H21Br2FN2O5. The minimum atomic E-state index is -0.874. The molecule has 10 heteroatoms. The second-order valence-electron chi connectivity index (χ2n) is 8.91. The molecule has 0 aliphatic carbocycles. The van der Waals surface area contributed by atoms with Crippen molar-refractivity contribution in [1.82, 2.24) is 5.32 Å². The molecule has 41 heavy (non-hydrogen) atoms. The number of hydrogen-bond donors (Lipinski definition) is 1. The van der Waals surface area contributed by atoms with Crippen LogP contribution in [-0.2, 0) is 22.8 Å². The van der Waals surface area contributed by atoms with Gasteiger partial charge in [0.15, 0.2) is 0 Å². The van der Waals surface area contributed by atoms with Gasteiger partial charge in [-0.1, -0.05) is 64.5 Å². The zero-order valence-corrected chi connectivity index (χ0v) is 24.4. The van der Waals surface area contributed by atoms with Gasteiger partial charge in [0, 0.05) is 15.6 Å². The Morgan fingerprint density at radius 2 is 1.54 bits per heavy atom. The van der Waals surface area contributed by atoms with E-state index in [1.165, 1.54) is 12.1 Å². The molecular weight excluding hydrogens is 659 g/mol. The summed E-state index contributed by atoms with van der Waals surface area (Å²) in [6, 6.07) is 24.7. The molecule has 4 aromatic rings. The van der Waals surface area contributed by atoms with Crippen LogP contribution in [0, 0.1) is 5.82 Å². The van der Waals surface area contributed by atoms with Gasteiger partial charge in [0.2, 0.25) is 0 Å². The molecule has 0 spiro atoms. The molecule has 1 fully saturated rings. The third-order valence-corrected chi connectivity index (χ3v) is 7.16. The number of imide groups is 2. The predicted molar refractivity (Wildman–Crippen MR) is 159 cm³/mol. The maximum atomic E-state index is 14.2. The number of hydrogen-bond acceptors (Lipinski definition) is 5. The number of carbonyl (C=O) groups is 3. The van der Waals surface area contributed by atoms with Crippen LogP contribution in [0.1, 0.15) is 16.7 Å². The Morgan fingerprint density at radius 1 is 0.829 bits per heavy atom. The lowest BCUT2D eigenvalue weighted by Gasteiger charge is -2.26. The molecule has 1 aliphatic rings. The van der Waals surface area contributed by atoms with Crippen molar-refractivity contribution >= 4 is 61.5 Å². The quantitative estimate of drug-likeness (QED) is 0.158. The Hall–Kier alpha value is -4.28. The highest BCUT2D eigenvalue weighted by molar-refractivity contribution is 9.11. The minimum Gasteiger partial charge on any atom is -0.489 e. The normalized spacial score (nSPS) is 14.3. The fourth-order valence-electron chi connectivity index (χ4n) is 4.08. The highest BCUT2D eigenvalue weighted by atomic mass is 79.9. The summed E-state index contributed by atoms with van der Waals surface area (Å²) in [6.07, 6.45) is 1.33. The number of rotatable bonds is 8. The number of nitrogens with zero attached hydrogens (tertiary/aromatic N) is 1. The van der Waals surface area contributed by atoms with Crippen LogP contribution >= 0.6 is 31.9 Å². The lowest BCUT2D eigenvalue weighted by molar-refractivity contribution is -0.122. The number of anilines is 1. The Bertz CT molecular complexity index is 1660. The molecule has 4 aromatic carbocycles. The van der Waals surface area contributed by atoms with Gasteiger partial charge in [0.25, 0.3) is 11.8 Å². The number of halogens is 3. The van der Waals surface area contributed by atoms with Crippen LogP contribution in [0.15, 0.2) is 106 Å². The van der Waals surface area contributed by atoms with E-state index in [9.17, 15) is 18.8 Å². The van der Waals surface area contributed by atoms with E-state index >= 15 is 0 Å². The van der Waals surface area contributed by atoms with E-state index < -0.39 is 23.7 Å². The fraction of sp³-hybridized carbons (Fsp3) is 0.0645. The second-order valence-corrected chi connectivity index (χ2v) is 10.7. The average Bonchev–Trinajstić information content (AvgIpc) is 2.95. The Balaban J connectivity index is 1.40. The summed E-state index contributed by atoms with van der Waals surface area (Å²) in [5.74, 6) is -1.26. The van der Waals surface area contributed by atoms with Crippen molar-refractivity contribution in [3.63, 3.8) is 0 Å². The van der Waals surface area contributed by atoms with Crippen molar-refractivity contribution in [2.24, 2.45) is 0 Å². The highest BCUT2D eigenvalue weighted by Gasteiger charge is 2.37. The van der Waals surface area contributed by atoms with Crippen molar-refractivity contribution in [3.05, 3.63) is 128 Å². The highest BCUT2D eigenvalue weighted by Crippen LogP contribution is 2.36. The number of amides is 4. The van der Waals surface area contributed by atoms with E-state index in [-0.39, 0.29) is 23.6 Å². The van der Waals surface area contributed by atoms with Crippen molar-refractivity contribution in [2.45, 2.75) is 13.2 Å². The molecule has 1 saturated heterocycles. The van der Waals surface area contributed by atoms with Gasteiger partial charge in [-0.3, -0.25) is 14.9 Å². The van der Waals surface area contributed by atoms with Gasteiger partial charge in [0.1, 0.15) is 36.1 Å².